The predicted octanol–water partition coefficient (Wildman–Crippen LogP) is 5.40. The molecule has 1 aromatic heterocycles. The van der Waals surface area contributed by atoms with E-state index in [4.69, 9.17) is 11.6 Å². The van der Waals surface area contributed by atoms with E-state index in [-0.39, 0.29) is 5.91 Å². The molecule has 0 radical (unpaired) electrons. The lowest BCUT2D eigenvalue weighted by molar-refractivity contribution is 0.0920. The number of hydrogen-bond donors (Lipinski definition) is 1. The third-order valence-corrected chi connectivity index (χ3v) is 6.52. The van der Waals surface area contributed by atoms with E-state index in [2.05, 4.69) is 17.2 Å². The number of hydrogen-bond acceptors (Lipinski definition) is 4. The Kier molecular flexibility index (Phi) is 6.19. The highest BCUT2D eigenvalue weighted by atomic mass is 35.5. The molecular formula is C18H21ClN2OS2. The van der Waals surface area contributed by atoms with E-state index in [1.54, 1.807) is 11.8 Å². The molecule has 24 heavy (non-hydrogen) atoms. The maximum atomic E-state index is 12.7. The number of carbonyl (C=O) groups excluding carboxylic acids is 1. The summed E-state index contributed by atoms with van der Waals surface area (Å²) < 4.78 is 0.558. The van der Waals surface area contributed by atoms with Crippen LogP contribution in [-0.2, 0) is 5.75 Å². The van der Waals surface area contributed by atoms with Crippen LogP contribution in [-0.4, -0.2) is 16.9 Å². The lowest BCUT2D eigenvalue weighted by Gasteiger charge is -2.27. The van der Waals surface area contributed by atoms with Crippen molar-refractivity contribution in [3.8, 4) is 0 Å². The van der Waals surface area contributed by atoms with Crippen molar-refractivity contribution in [2.45, 2.75) is 49.3 Å². The Hall–Kier alpha value is -1.04. The molecule has 0 unspecified atom stereocenters. The van der Waals surface area contributed by atoms with Gasteiger partial charge >= 0.3 is 0 Å². The molecule has 0 atom stereocenters. The lowest BCUT2D eigenvalue weighted by Crippen LogP contribution is -2.37. The molecule has 1 aromatic carbocycles. The first-order chi connectivity index (χ1) is 11.6. The Labute approximate surface area is 156 Å². The highest BCUT2D eigenvalue weighted by Gasteiger charge is 2.21. The van der Waals surface area contributed by atoms with Gasteiger partial charge in [-0.15, -0.1) is 23.1 Å². The van der Waals surface area contributed by atoms with Crippen LogP contribution in [0.4, 0.5) is 0 Å². The van der Waals surface area contributed by atoms with Gasteiger partial charge in [-0.25, -0.2) is 4.98 Å². The first-order valence-electron chi connectivity index (χ1n) is 8.24. The first-order valence-corrected chi connectivity index (χ1v) is 10.5. The zero-order valence-electron chi connectivity index (χ0n) is 13.6. The fraction of sp³-hybridized carbons (Fsp3) is 0.444. The normalized spacial score (nSPS) is 20.8. The number of nitrogens with zero attached hydrogens (tertiary/aromatic N) is 1. The number of carbonyl (C=O) groups is 1. The summed E-state index contributed by atoms with van der Waals surface area (Å²) in [6.45, 7) is 2.29. The summed E-state index contributed by atoms with van der Waals surface area (Å²) in [7, 11) is 0. The van der Waals surface area contributed by atoms with Crippen molar-refractivity contribution in [1.29, 1.82) is 0 Å². The van der Waals surface area contributed by atoms with Crippen molar-refractivity contribution in [2.75, 3.05) is 0 Å². The van der Waals surface area contributed by atoms with Gasteiger partial charge in [0, 0.05) is 22.1 Å². The molecule has 0 bridgehead atoms. The van der Waals surface area contributed by atoms with E-state index >= 15 is 0 Å². The summed E-state index contributed by atoms with van der Waals surface area (Å²) in [4.78, 5) is 17.9. The number of thioether (sulfide) groups is 1. The van der Waals surface area contributed by atoms with Gasteiger partial charge in [0.2, 0.25) is 0 Å². The molecule has 1 heterocycles. The van der Waals surface area contributed by atoms with E-state index in [1.807, 2.05) is 29.6 Å². The summed E-state index contributed by atoms with van der Waals surface area (Å²) in [5, 5.41) is 5.17. The minimum absolute atomic E-state index is 0.0361. The number of halogens is 1. The molecule has 3 nitrogen and oxygen atoms in total. The predicted molar refractivity (Wildman–Crippen MR) is 102 cm³/mol. The molecule has 1 amide bonds. The monoisotopic (exact) mass is 380 g/mol. The molecule has 0 spiro atoms. The molecule has 1 aliphatic carbocycles. The van der Waals surface area contributed by atoms with Crippen molar-refractivity contribution < 1.29 is 4.79 Å². The number of thiazole rings is 1. The van der Waals surface area contributed by atoms with Gasteiger partial charge in [-0.05, 0) is 43.7 Å². The zero-order chi connectivity index (χ0) is 16.9. The molecule has 128 valence electrons. The second-order valence-corrected chi connectivity index (χ2v) is 8.76. The van der Waals surface area contributed by atoms with E-state index in [0.29, 0.717) is 16.3 Å². The molecule has 1 N–H and O–H groups in total. The summed E-state index contributed by atoms with van der Waals surface area (Å²) in [5.41, 5.74) is 1.70. The van der Waals surface area contributed by atoms with Crippen LogP contribution in [0.5, 0.6) is 0 Å². The third-order valence-electron chi connectivity index (χ3n) is 4.38. The summed E-state index contributed by atoms with van der Waals surface area (Å²) in [6, 6.07) is 8.09. The molecule has 0 aliphatic heterocycles. The van der Waals surface area contributed by atoms with E-state index in [9.17, 15) is 4.79 Å². The molecule has 2 aromatic rings. The molecular weight excluding hydrogens is 360 g/mol. The Morgan fingerprint density at radius 1 is 1.33 bits per heavy atom. The molecule has 1 fully saturated rings. The van der Waals surface area contributed by atoms with Crippen molar-refractivity contribution >= 4 is 40.6 Å². The minimum atomic E-state index is 0.0361. The molecule has 3 rings (SSSR count). The van der Waals surface area contributed by atoms with Gasteiger partial charge in [0.15, 0.2) is 4.47 Å². The van der Waals surface area contributed by atoms with Crippen molar-refractivity contribution in [2.24, 2.45) is 5.92 Å². The average Bonchev–Trinajstić information content (AvgIpc) is 3.01. The molecule has 6 heteroatoms. The van der Waals surface area contributed by atoms with Crippen LogP contribution in [0.2, 0.25) is 4.47 Å². The fourth-order valence-electron chi connectivity index (χ4n) is 2.95. The van der Waals surface area contributed by atoms with Gasteiger partial charge in [-0.1, -0.05) is 30.7 Å². The van der Waals surface area contributed by atoms with Crippen LogP contribution in [0.3, 0.4) is 0 Å². The SMILES string of the molecule is CC1CCC(NC(=O)c2ccccc2SCc2csc(Cl)n2)CC1. The quantitative estimate of drug-likeness (QED) is 0.706. The van der Waals surface area contributed by atoms with Crippen molar-refractivity contribution in [1.82, 2.24) is 10.3 Å². The zero-order valence-corrected chi connectivity index (χ0v) is 16.0. The number of amides is 1. The Morgan fingerprint density at radius 3 is 2.79 bits per heavy atom. The van der Waals surface area contributed by atoms with Crippen LogP contribution in [0.1, 0.15) is 48.7 Å². The van der Waals surface area contributed by atoms with Gasteiger partial charge in [0.1, 0.15) is 0 Å². The average molecular weight is 381 g/mol. The van der Waals surface area contributed by atoms with Gasteiger partial charge < -0.3 is 5.32 Å². The number of rotatable bonds is 5. The maximum absolute atomic E-state index is 12.7. The summed E-state index contributed by atoms with van der Waals surface area (Å²) in [6.07, 6.45) is 4.57. The molecule has 1 aliphatic rings. The van der Waals surface area contributed by atoms with Crippen LogP contribution in [0, 0.1) is 5.92 Å². The van der Waals surface area contributed by atoms with Gasteiger partial charge in [0.05, 0.1) is 11.3 Å². The number of nitrogens with one attached hydrogen (secondary N) is 1. The van der Waals surface area contributed by atoms with Crippen LogP contribution in [0.25, 0.3) is 0 Å². The standard InChI is InChI=1S/C18H21ClN2OS2/c1-12-6-8-13(9-7-12)20-17(22)15-4-2-3-5-16(15)23-10-14-11-24-18(19)21-14/h2-5,11-13H,6-10H2,1H3,(H,20,22). The number of benzene rings is 1. The second-order valence-electron chi connectivity index (χ2n) is 6.31. The minimum Gasteiger partial charge on any atom is -0.349 e. The van der Waals surface area contributed by atoms with Gasteiger partial charge in [-0.3, -0.25) is 4.79 Å². The largest absolute Gasteiger partial charge is 0.349 e. The lowest BCUT2D eigenvalue weighted by atomic mass is 9.87. The van der Waals surface area contributed by atoms with Crippen molar-refractivity contribution in [3.63, 3.8) is 0 Å². The first kappa shape index (κ1) is 17.8. The summed E-state index contributed by atoms with van der Waals surface area (Å²) >= 11 is 8.94. The second kappa shape index (κ2) is 8.37. The Balaban J connectivity index is 1.63. The fourth-order valence-corrected chi connectivity index (χ4v) is 4.78. The topological polar surface area (TPSA) is 42.0 Å². The van der Waals surface area contributed by atoms with Crippen LogP contribution < -0.4 is 5.32 Å². The van der Waals surface area contributed by atoms with E-state index in [1.165, 1.54) is 24.2 Å². The highest BCUT2D eigenvalue weighted by molar-refractivity contribution is 7.98. The number of aromatic nitrogens is 1. The maximum Gasteiger partial charge on any atom is 0.252 e. The summed E-state index contributed by atoms with van der Waals surface area (Å²) in [5.74, 6) is 1.54. The Bertz CT molecular complexity index is 696. The van der Waals surface area contributed by atoms with Crippen molar-refractivity contribution in [3.05, 3.63) is 45.4 Å². The third kappa shape index (κ3) is 4.74. The van der Waals surface area contributed by atoms with Gasteiger partial charge in [0.25, 0.3) is 5.91 Å². The Morgan fingerprint density at radius 2 is 2.08 bits per heavy atom. The molecule has 0 saturated heterocycles. The highest BCUT2D eigenvalue weighted by Crippen LogP contribution is 2.28. The van der Waals surface area contributed by atoms with Crippen LogP contribution >= 0.6 is 34.7 Å². The molecule has 1 saturated carbocycles. The van der Waals surface area contributed by atoms with Crippen LogP contribution in [0.15, 0.2) is 34.5 Å². The van der Waals surface area contributed by atoms with E-state index < -0.39 is 0 Å². The van der Waals surface area contributed by atoms with Gasteiger partial charge in [-0.2, -0.15) is 0 Å². The van der Waals surface area contributed by atoms with E-state index in [0.717, 1.165) is 34.9 Å². The smallest absolute Gasteiger partial charge is 0.252 e.